The Labute approximate surface area is 285 Å². The van der Waals surface area contributed by atoms with E-state index in [0.717, 1.165) is 32.7 Å². The number of carbonyl (C=O) groups excluding carboxylic acids is 2. The number of para-hydroxylation sites is 1. The molecule has 0 bridgehead atoms. The summed E-state index contributed by atoms with van der Waals surface area (Å²) in [6.07, 6.45) is 1.92. The standard InChI is InChI=1S/C36H40BrN3O6S/c1-4-5-21-38-36(42)32(23-27-13-8-6-9-14-27)39(25-28-15-12-16-29(37)22-28)35(41)26-40(30-17-10-7-11-18-30)47(43,44)31-19-20-33(45-2)34(24-31)46-3/h6-20,22,24,32H,4-5,21,23,25-26H2,1-3H3,(H,38,42)/t32-/m0/s1. The van der Waals surface area contributed by atoms with E-state index in [2.05, 4.69) is 21.2 Å². The summed E-state index contributed by atoms with van der Waals surface area (Å²) in [5, 5.41) is 3.00. The summed E-state index contributed by atoms with van der Waals surface area (Å²) in [5.41, 5.74) is 1.94. The first kappa shape index (κ1) is 35.5. The molecule has 0 heterocycles. The lowest BCUT2D eigenvalue weighted by atomic mass is 10.0. The van der Waals surface area contributed by atoms with E-state index in [0.29, 0.717) is 18.0 Å². The summed E-state index contributed by atoms with van der Waals surface area (Å²) in [7, 11) is -1.42. The molecule has 0 aliphatic carbocycles. The fourth-order valence-corrected chi connectivity index (χ4v) is 7.00. The first-order chi connectivity index (χ1) is 22.7. The molecule has 2 amide bonds. The smallest absolute Gasteiger partial charge is 0.264 e. The number of hydrogen-bond donors (Lipinski definition) is 1. The van der Waals surface area contributed by atoms with E-state index in [-0.39, 0.29) is 29.5 Å². The van der Waals surface area contributed by atoms with E-state index in [1.165, 1.54) is 37.3 Å². The number of sulfonamides is 1. The number of nitrogens with one attached hydrogen (secondary N) is 1. The molecule has 0 saturated carbocycles. The zero-order valence-corrected chi connectivity index (χ0v) is 29.2. The molecule has 1 atom stereocenters. The van der Waals surface area contributed by atoms with E-state index < -0.39 is 28.5 Å². The van der Waals surface area contributed by atoms with Crippen LogP contribution in [-0.2, 0) is 32.6 Å². The zero-order valence-electron chi connectivity index (χ0n) is 26.8. The molecule has 0 aliphatic rings. The number of ether oxygens (including phenoxy) is 2. The Morgan fingerprint density at radius 3 is 2.13 bits per heavy atom. The van der Waals surface area contributed by atoms with Gasteiger partial charge in [-0.2, -0.15) is 0 Å². The Kier molecular flexibility index (Phi) is 12.8. The molecule has 0 saturated heterocycles. The molecule has 248 valence electrons. The average Bonchev–Trinajstić information content (AvgIpc) is 3.09. The number of nitrogens with zero attached hydrogens (tertiary/aromatic N) is 2. The number of unbranched alkanes of at least 4 members (excludes halogenated alkanes) is 1. The molecule has 4 rings (SSSR count). The number of anilines is 1. The lowest BCUT2D eigenvalue weighted by Gasteiger charge is -2.34. The van der Waals surface area contributed by atoms with Crippen molar-refractivity contribution in [3.8, 4) is 11.5 Å². The highest BCUT2D eigenvalue weighted by Gasteiger charge is 2.35. The van der Waals surface area contributed by atoms with E-state index in [1.54, 1.807) is 30.3 Å². The van der Waals surface area contributed by atoms with Gasteiger partial charge < -0.3 is 19.7 Å². The van der Waals surface area contributed by atoms with Gasteiger partial charge in [-0.25, -0.2) is 8.42 Å². The fourth-order valence-electron chi connectivity index (χ4n) is 5.12. The summed E-state index contributed by atoms with van der Waals surface area (Å²) >= 11 is 3.51. The van der Waals surface area contributed by atoms with Crippen molar-refractivity contribution in [1.82, 2.24) is 10.2 Å². The first-order valence-electron chi connectivity index (χ1n) is 15.3. The van der Waals surface area contributed by atoms with E-state index in [1.807, 2.05) is 61.5 Å². The van der Waals surface area contributed by atoms with E-state index in [9.17, 15) is 18.0 Å². The second-order valence-corrected chi connectivity index (χ2v) is 13.6. The Morgan fingerprint density at radius 2 is 1.49 bits per heavy atom. The quantitative estimate of drug-likeness (QED) is 0.138. The topological polar surface area (TPSA) is 105 Å². The van der Waals surface area contributed by atoms with Crippen molar-refractivity contribution in [3.05, 3.63) is 119 Å². The second kappa shape index (κ2) is 17.0. The van der Waals surface area contributed by atoms with Crippen LogP contribution < -0.4 is 19.1 Å². The molecular formula is C36H40BrN3O6S. The highest BCUT2D eigenvalue weighted by atomic mass is 79.9. The van der Waals surface area contributed by atoms with Gasteiger partial charge in [-0.1, -0.05) is 89.9 Å². The number of halogens is 1. The lowest BCUT2D eigenvalue weighted by Crippen LogP contribution is -2.53. The molecule has 0 fully saturated rings. The van der Waals surface area contributed by atoms with Gasteiger partial charge in [0, 0.05) is 30.0 Å². The minimum Gasteiger partial charge on any atom is -0.493 e. The van der Waals surface area contributed by atoms with Crippen molar-refractivity contribution >= 4 is 43.5 Å². The summed E-state index contributed by atoms with van der Waals surface area (Å²) in [4.78, 5) is 29.8. The van der Waals surface area contributed by atoms with Crippen molar-refractivity contribution in [2.45, 2.75) is 43.7 Å². The van der Waals surface area contributed by atoms with Crippen LogP contribution in [0, 0.1) is 0 Å². The van der Waals surface area contributed by atoms with Crippen LogP contribution in [0.15, 0.2) is 112 Å². The summed E-state index contributed by atoms with van der Waals surface area (Å²) < 4.78 is 41.2. The molecule has 4 aromatic rings. The van der Waals surface area contributed by atoms with Crippen molar-refractivity contribution in [2.75, 3.05) is 31.6 Å². The molecule has 0 aliphatic heterocycles. The van der Waals surface area contributed by atoms with Gasteiger partial charge in [0.2, 0.25) is 11.8 Å². The van der Waals surface area contributed by atoms with Crippen LogP contribution in [0.2, 0.25) is 0 Å². The van der Waals surface area contributed by atoms with Crippen LogP contribution in [0.4, 0.5) is 5.69 Å². The Bertz CT molecular complexity index is 1740. The normalized spacial score (nSPS) is 11.7. The number of carbonyl (C=O) groups is 2. The molecule has 1 N–H and O–H groups in total. The number of methoxy groups -OCH3 is 2. The molecular weight excluding hydrogens is 682 g/mol. The van der Waals surface area contributed by atoms with Gasteiger partial charge in [-0.3, -0.25) is 13.9 Å². The Morgan fingerprint density at radius 1 is 0.830 bits per heavy atom. The molecule has 0 radical (unpaired) electrons. The van der Waals surface area contributed by atoms with Crippen LogP contribution in [0.25, 0.3) is 0 Å². The second-order valence-electron chi connectivity index (χ2n) is 10.9. The average molecular weight is 723 g/mol. The van der Waals surface area contributed by atoms with Gasteiger partial charge in [0.1, 0.15) is 12.6 Å². The predicted molar refractivity (Wildman–Crippen MR) is 187 cm³/mol. The van der Waals surface area contributed by atoms with Crippen LogP contribution in [-0.4, -0.2) is 58.5 Å². The van der Waals surface area contributed by atoms with Gasteiger partial charge in [-0.15, -0.1) is 0 Å². The van der Waals surface area contributed by atoms with Gasteiger partial charge in [-0.05, 0) is 53.9 Å². The molecule has 0 spiro atoms. The minimum atomic E-state index is -4.30. The number of hydrogen-bond acceptors (Lipinski definition) is 6. The third-order valence-corrected chi connectivity index (χ3v) is 9.87. The maximum absolute atomic E-state index is 14.6. The number of rotatable bonds is 16. The predicted octanol–water partition coefficient (Wildman–Crippen LogP) is 6.22. The molecule has 11 heteroatoms. The van der Waals surface area contributed by atoms with Crippen molar-refractivity contribution in [1.29, 1.82) is 0 Å². The van der Waals surface area contributed by atoms with Crippen LogP contribution >= 0.6 is 15.9 Å². The monoisotopic (exact) mass is 721 g/mol. The third kappa shape index (κ3) is 9.36. The van der Waals surface area contributed by atoms with Gasteiger partial charge in [0.15, 0.2) is 11.5 Å². The molecule has 9 nitrogen and oxygen atoms in total. The lowest BCUT2D eigenvalue weighted by molar-refractivity contribution is -0.140. The molecule has 4 aromatic carbocycles. The first-order valence-corrected chi connectivity index (χ1v) is 17.6. The van der Waals surface area contributed by atoms with Crippen molar-refractivity contribution in [3.63, 3.8) is 0 Å². The van der Waals surface area contributed by atoms with Crippen LogP contribution in [0.5, 0.6) is 11.5 Å². The highest BCUT2D eigenvalue weighted by molar-refractivity contribution is 9.10. The maximum atomic E-state index is 14.6. The third-order valence-electron chi connectivity index (χ3n) is 7.61. The summed E-state index contributed by atoms with van der Waals surface area (Å²) in [6, 6.07) is 28.8. The SMILES string of the molecule is CCCCNC(=O)[C@H](Cc1ccccc1)N(Cc1cccc(Br)c1)C(=O)CN(c1ccccc1)S(=O)(=O)c1ccc(OC)c(OC)c1. The summed E-state index contributed by atoms with van der Waals surface area (Å²) in [5.74, 6) is -0.244. The maximum Gasteiger partial charge on any atom is 0.264 e. The van der Waals surface area contributed by atoms with Crippen LogP contribution in [0.1, 0.15) is 30.9 Å². The minimum absolute atomic E-state index is 0.0794. The van der Waals surface area contributed by atoms with Crippen LogP contribution in [0.3, 0.4) is 0 Å². The Balaban J connectivity index is 1.79. The highest BCUT2D eigenvalue weighted by Crippen LogP contribution is 2.32. The Hall–Kier alpha value is -4.35. The van der Waals surface area contributed by atoms with Crippen molar-refractivity contribution < 1.29 is 27.5 Å². The molecule has 0 unspecified atom stereocenters. The number of amides is 2. The largest absolute Gasteiger partial charge is 0.493 e. The van der Waals surface area contributed by atoms with Crippen molar-refractivity contribution in [2.24, 2.45) is 0 Å². The van der Waals surface area contributed by atoms with Gasteiger partial charge >= 0.3 is 0 Å². The van der Waals surface area contributed by atoms with Gasteiger partial charge in [0.25, 0.3) is 10.0 Å². The van der Waals surface area contributed by atoms with E-state index >= 15 is 0 Å². The molecule has 47 heavy (non-hydrogen) atoms. The summed E-state index contributed by atoms with van der Waals surface area (Å²) in [6.45, 7) is 2.02. The fraction of sp³-hybridized carbons (Fsp3) is 0.278. The zero-order chi connectivity index (χ0) is 33.8. The van der Waals surface area contributed by atoms with Gasteiger partial charge in [0.05, 0.1) is 24.8 Å². The van der Waals surface area contributed by atoms with E-state index in [4.69, 9.17) is 9.47 Å². The number of benzene rings is 4. The molecule has 0 aromatic heterocycles.